The van der Waals surface area contributed by atoms with Gasteiger partial charge < -0.3 is 9.15 Å². The van der Waals surface area contributed by atoms with Crippen LogP contribution in [0.5, 0.6) is 0 Å². The number of hydrogen-bond donors (Lipinski definition) is 0. The fourth-order valence-electron chi connectivity index (χ4n) is 1.45. The predicted octanol–water partition coefficient (Wildman–Crippen LogP) is 3.89. The summed E-state index contributed by atoms with van der Waals surface area (Å²) in [5.41, 5.74) is 1.01. The van der Waals surface area contributed by atoms with E-state index in [2.05, 4.69) is 43.5 Å². The average Bonchev–Trinajstić information content (AvgIpc) is 2.81. The van der Waals surface area contributed by atoms with Crippen molar-refractivity contribution in [1.29, 1.82) is 0 Å². The van der Waals surface area contributed by atoms with E-state index in [4.69, 9.17) is 9.15 Å². The van der Waals surface area contributed by atoms with Crippen molar-refractivity contribution in [3.05, 3.63) is 38.3 Å². The van der Waals surface area contributed by atoms with Gasteiger partial charge >= 0.3 is 5.97 Å². The van der Waals surface area contributed by atoms with Crippen molar-refractivity contribution in [1.82, 2.24) is 4.98 Å². The number of aromatic nitrogens is 1. The van der Waals surface area contributed by atoms with Crippen LogP contribution >= 0.6 is 38.5 Å². The zero-order chi connectivity index (χ0) is 13.1. The van der Waals surface area contributed by atoms with Crippen LogP contribution in [0.3, 0.4) is 0 Å². The standard InChI is InChI=1S/C12H9BrINO3/c1-2-17-12(16)10-11(18-6-15-10)8-5-7(13)3-4-9(8)14/h3-6H,2H2,1H3. The van der Waals surface area contributed by atoms with E-state index in [1.165, 1.54) is 6.39 Å². The zero-order valence-corrected chi connectivity index (χ0v) is 13.2. The second-order valence-electron chi connectivity index (χ2n) is 3.37. The lowest BCUT2D eigenvalue weighted by Crippen LogP contribution is -2.06. The number of carbonyl (C=O) groups excluding carboxylic acids is 1. The molecular weight excluding hydrogens is 413 g/mol. The molecule has 1 aromatic carbocycles. The third-order valence-corrected chi connectivity index (χ3v) is 3.64. The van der Waals surface area contributed by atoms with Gasteiger partial charge in [0.2, 0.25) is 0 Å². The van der Waals surface area contributed by atoms with Gasteiger partial charge in [-0.05, 0) is 47.7 Å². The molecule has 0 spiro atoms. The maximum Gasteiger partial charge on any atom is 0.360 e. The number of esters is 1. The minimum absolute atomic E-state index is 0.202. The number of oxazole rings is 1. The first-order chi connectivity index (χ1) is 8.63. The van der Waals surface area contributed by atoms with Gasteiger partial charge in [-0.15, -0.1) is 0 Å². The minimum atomic E-state index is -0.475. The van der Waals surface area contributed by atoms with Crippen LogP contribution in [0.4, 0.5) is 0 Å². The van der Waals surface area contributed by atoms with Gasteiger partial charge in [0.15, 0.2) is 17.8 Å². The lowest BCUT2D eigenvalue weighted by Gasteiger charge is -2.04. The Balaban J connectivity index is 2.48. The summed E-state index contributed by atoms with van der Waals surface area (Å²) >= 11 is 5.57. The Labute approximate surface area is 126 Å². The van der Waals surface area contributed by atoms with Crippen LogP contribution in [-0.4, -0.2) is 17.6 Å². The molecule has 94 valence electrons. The Morgan fingerprint density at radius 3 is 3.06 bits per heavy atom. The summed E-state index contributed by atoms with van der Waals surface area (Å²) in [7, 11) is 0. The molecule has 0 saturated carbocycles. The number of benzene rings is 1. The molecule has 0 aliphatic carbocycles. The van der Waals surface area contributed by atoms with Crippen LogP contribution < -0.4 is 0 Å². The molecule has 0 unspecified atom stereocenters. The smallest absolute Gasteiger partial charge is 0.360 e. The molecule has 0 amide bonds. The predicted molar refractivity (Wildman–Crippen MR) is 78.3 cm³/mol. The second-order valence-corrected chi connectivity index (χ2v) is 5.45. The second kappa shape index (κ2) is 5.83. The third kappa shape index (κ3) is 2.74. The van der Waals surface area contributed by atoms with Crippen LogP contribution in [0.25, 0.3) is 11.3 Å². The Morgan fingerprint density at radius 1 is 1.56 bits per heavy atom. The number of halogens is 2. The van der Waals surface area contributed by atoms with Gasteiger partial charge in [-0.1, -0.05) is 15.9 Å². The van der Waals surface area contributed by atoms with E-state index in [0.717, 1.165) is 13.6 Å². The van der Waals surface area contributed by atoms with E-state index in [1.807, 2.05) is 18.2 Å². The largest absolute Gasteiger partial charge is 0.461 e. The molecule has 2 aromatic rings. The summed E-state index contributed by atoms with van der Waals surface area (Å²) in [6, 6.07) is 5.73. The summed E-state index contributed by atoms with van der Waals surface area (Å²) < 4.78 is 12.1. The fourth-order valence-corrected chi connectivity index (χ4v) is 2.40. The Kier molecular flexibility index (Phi) is 4.39. The van der Waals surface area contributed by atoms with Crippen LogP contribution in [0.2, 0.25) is 0 Å². The number of carbonyl (C=O) groups is 1. The van der Waals surface area contributed by atoms with Gasteiger partial charge in [0, 0.05) is 13.6 Å². The van der Waals surface area contributed by atoms with E-state index in [1.54, 1.807) is 6.92 Å². The average molecular weight is 422 g/mol. The SMILES string of the molecule is CCOC(=O)c1ncoc1-c1cc(Br)ccc1I. The maximum absolute atomic E-state index is 11.7. The van der Waals surface area contributed by atoms with Gasteiger partial charge in [0.25, 0.3) is 0 Å². The molecule has 0 aliphatic rings. The van der Waals surface area contributed by atoms with Gasteiger partial charge in [-0.3, -0.25) is 0 Å². The van der Waals surface area contributed by atoms with Crippen molar-refractivity contribution in [3.63, 3.8) is 0 Å². The van der Waals surface area contributed by atoms with Crippen LogP contribution in [0.15, 0.2) is 33.5 Å². The first-order valence-corrected chi connectivity index (χ1v) is 7.06. The summed E-state index contributed by atoms with van der Waals surface area (Å²) in [5, 5.41) is 0. The van der Waals surface area contributed by atoms with Crippen molar-refractivity contribution < 1.29 is 13.9 Å². The Bertz CT molecular complexity index is 582. The van der Waals surface area contributed by atoms with E-state index < -0.39 is 5.97 Å². The minimum Gasteiger partial charge on any atom is -0.461 e. The van der Waals surface area contributed by atoms with Gasteiger partial charge in [-0.2, -0.15) is 0 Å². The highest BCUT2D eigenvalue weighted by molar-refractivity contribution is 14.1. The molecule has 0 atom stereocenters. The molecule has 0 radical (unpaired) electrons. The molecule has 0 fully saturated rings. The molecule has 2 rings (SSSR count). The maximum atomic E-state index is 11.7. The van der Waals surface area contributed by atoms with Gasteiger partial charge in [0.1, 0.15) is 0 Å². The molecule has 0 bridgehead atoms. The normalized spacial score (nSPS) is 10.4. The highest BCUT2D eigenvalue weighted by atomic mass is 127. The number of nitrogens with zero attached hydrogens (tertiary/aromatic N) is 1. The summed E-state index contributed by atoms with van der Waals surface area (Å²) in [4.78, 5) is 15.7. The van der Waals surface area contributed by atoms with Gasteiger partial charge in [0.05, 0.1) is 6.61 Å². The van der Waals surface area contributed by atoms with E-state index >= 15 is 0 Å². The molecule has 6 heteroatoms. The fraction of sp³-hybridized carbons (Fsp3) is 0.167. The molecule has 0 N–H and O–H groups in total. The molecule has 18 heavy (non-hydrogen) atoms. The summed E-state index contributed by atoms with van der Waals surface area (Å²) in [5.74, 6) is -0.0452. The third-order valence-electron chi connectivity index (χ3n) is 2.21. The van der Waals surface area contributed by atoms with Crippen LogP contribution in [-0.2, 0) is 4.74 Å². The molecule has 1 aromatic heterocycles. The van der Waals surface area contributed by atoms with Crippen molar-refractivity contribution in [2.24, 2.45) is 0 Å². The number of rotatable bonds is 3. The zero-order valence-electron chi connectivity index (χ0n) is 9.44. The Morgan fingerprint density at radius 2 is 2.33 bits per heavy atom. The molecule has 1 heterocycles. The van der Waals surface area contributed by atoms with Crippen molar-refractivity contribution in [2.45, 2.75) is 6.92 Å². The monoisotopic (exact) mass is 421 g/mol. The van der Waals surface area contributed by atoms with Crippen molar-refractivity contribution in [3.8, 4) is 11.3 Å². The van der Waals surface area contributed by atoms with Crippen LogP contribution in [0.1, 0.15) is 17.4 Å². The van der Waals surface area contributed by atoms with Gasteiger partial charge in [-0.25, -0.2) is 9.78 Å². The lowest BCUT2D eigenvalue weighted by molar-refractivity contribution is 0.0520. The van der Waals surface area contributed by atoms with E-state index in [9.17, 15) is 4.79 Å². The first-order valence-electron chi connectivity index (χ1n) is 5.19. The quantitative estimate of drug-likeness (QED) is 0.557. The van der Waals surface area contributed by atoms with Crippen molar-refractivity contribution in [2.75, 3.05) is 6.61 Å². The molecule has 0 saturated heterocycles. The molecule has 0 aliphatic heterocycles. The lowest BCUT2D eigenvalue weighted by atomic mass is 10.1. The van der Waals surface area contributed by atoms with E-state index in [-0.39, 0.29) is 5.69 Å². The molecule has 4 nitrogen and oxygen atoms in total. The molecular formula is C12H9BrINO3. The number of ether oxygens (including phenoxy) is 1. The topological polar surface area (TPSA) is 52.3 Å². The number of hydrogen-bond acceptors (Lipinski definition) is 4. The van der Waals surface area contributed by atoms with E-state index in [0.29, 0.717) is 12.4 Å². The first kappa shape index (κ1) is 13.5. The van der Waals surface area contributed by atoms with Crippen molar-refractivity contribution >= 4 is 44.5 Å². The van der Waals surface area contributed by atoms with Crippen LogP contribution in [0, 0.1) is 3.57 Å². The summed E-state index contributed by atoms with van der Waals surface area (Å²) in [6.07, 6.45) is 1.25. The summed E-state index contributed by atoms with van der Waals surface area (Å²) in [6.45, 7) is 2.06. The Hall–Kier alpha value is -0.890. The highest BCUT2D eigenvalue weighted by Gasteiger charge is 2.21. The highest BCUT2D eigenvalue weighted by Crippen LogP contribution is 2.30.